The first-order valence-corrected chi connectivity index (χ1v) is 6.00. The lowest BCUT2D eigenvalue weighted by atomic mass is 10.0. The first-order valence-electron chi connectivity index (χ1n) is 5.20. The second kappa shape index (κ2) is 6.00. The summed E-state index contributed by atoms with van der Waals surface area (Å²) in [5, 5.41) is 8.56. The Morgan fingerprint density at radius 1 is 1.59 bits per heavy atom. The number of carbonyl (C=O) groups is 1. The van der Waals surface area contributed by atoms with Crippen molar-refractivity contribution in [2.75, 3.05) is 7.11 Å². The molecule has 0 radical (unpaired) electrons. The maximum Gasteiger partial charge on any atom is 0.303 e. The van der Waals surface area contributed by atoms with Crippen molar-refractivity contribution >= 4 is 21.9 Å². The van der Waals surface area contributed by atoms with Crippen LogP contribution in [-0.2, 0) is 11.2 Å². The van der Waals surface area contributed by atoms with Crippen molar-refractivity contribution < 1.29 is 19.0 Å². The van der Waals surface area contributed by atoms with Gasteiger partial charge in [-0.2, -0.15) is 0 Å². The fourth-order valence-electron chi connectivity index (χ4n) is 1.72. The van der Waals surface area contributed by atoms with Gasteiger partial charge in [-0.05, 0) is 47.3 Å². The predicted molar refractivity (Wildman–Crippen MR) is 66.0 cm³/mol. The summed E-state index contributed by atoms with van der Waals surface area (Å²) in [7, 11) is 1.48. The molecule has 94 valence electrons. The molecule has 3 nitrogen and oxygen atoms in total. The van der Waals surface area contributed by atoms with Crippen LogP contribution in [0.1, 0.15) is 24.0 Å². The zero-order chi connectivity index (χ0) is 13.0. The molecule has 0 amide bonds. The molecule has 1 aromatic rings. The monoisotopic (exact) mass is 304 g/mol. The molecule has 0 heterocycles. The van der Waals surface area contributed by atoms with E-state index < -0.39 is 5.97 Å². The topological polar surface area (TPSA) is 46.5 Å². The molecular formula is C12H14BrFO3. The van der Waals surface area contributed by atoms with Gasteiger partial charge < -0.3 is 9.84 Å². The molecule has 0 aliphatic heterocycles. The Balaban J connectivity index is 2.99. The van der Waals surface area contributed by atoms with Gasteiger partial charge in [0.05, 0.1) is 11.6 Å². The van der Waals surface area contributed by atoms with E-state index in [0.717, 1.165) is 5.56 Å². The van der Waals surface area contributed by atoms with Gasteiger partial charge in [-0.3, -0.25) is 4.79 Å². The Hall–Kier alpha value is -1.10. The Labute approximate surface area is 108 Å². The summed E-state index contributed by atoms with van der Waals surface area (Å²) in [4.78, 5) is 10.4. The third kappa shape index (κ3) is 3.43. The molecule has 5 heteroatoms. The van der Waals surface area contributed by atoms with Crippen molar-refractivity contribution in [1.29, 1.82) is 0 Å². The number of hydrogen-bond donors (Lipinski definition) is 1. The lowest BCUT2D eigenvalue weighted by Gasteiger charge is -2.13. The zero-order valence-electron chi connectivity index (χ0n) is 9.72. The van der Waals surface area contributed by atoms with Gasteiger partial charge >= 0.3 is 5.97 Å². The van der Waals surface area contributed by atoms with Crippen LogP contribution < -0.4 is 4.74 Å². The molecule has 0 spiro atoms. The Morgan fingerprint density at radius 3 is 2.76 bits per heavy atom. The van der Waals surface area contributed by atoms with Crippen molar-refractivity contribution in [3.05, 3.63) is 27.5 Å². The van der Waals surface area contributed by atoms with Gasteiger partial charge in [0.25, 0.3) is 0 Å². The van der Waals surface area contributed by atoms with Gasteiger partial charge in [0.1, 0.15) is 11.6 Å². The Kier molecular flexibility index (Phi) is 4.93. The number of benzene rings is 1. The van der Waals surface area contributed by atoms with Gasteiger partial charge in [-0.25, -0.2) is 4.39 Å². The van der Waals surface area contributed by atoms with E-state index in [9.17, 15) is 9.18 Å². The molecule has 0 bridgehead atoms. The standard InChI is InChI=1S/C12H14BrFO3/c1-7-6-9(13)11(14)8(12(7)17-2)4-3-5-10(15)16/h6H,3-5H2,1-2H3,(H,15,16). The normalized spacial score (nSPS) is 10.4. The average molecular weight is 305 g/mol. The number of methoxy groups -OCH3 is 1. The molecule has 1 aromatic carbocycles. The zero-order valence-corrected chi connectivity index (χ0v) is 11.3. The second-order valence-corrected chi connectivity index (χ2v) is 4.60. The molecule has 0 saturated carbocycles. The number of ether oxygens (including phenoxy) is 1. The third-order valence-corrected chi connectivity index (χ3v) is 3.05. The van der Waals surface area contributed by atoms with Crippen LogP contribution in [0.3, 0.4) is 0 Å². The molecule has 17 heavy (non-hydrogen) atoms. The number of halogens is 2. The van der Waals surface area contributed by atoms with Crippen LogP contribution in [0.2, 0.25) is 0 Å². The highest BCUT2D eigenvalue weighted by molar-refractivity contribution is 9.10. The van der Waals surface area contributed by atoms with E-state index in [1.807, 2.05) is 6.92 Å². The fraction of sp³-hybridized carbons (Fsp3) is 0.417. The average Bonchev–Trinajstić information content (AvgIpc) is 2.24. The van der Waals surface area contributed by atoms with Crippen molar-refractivity contribution in [3.8, 4) is 5.75 Å². The lowest BCUT2D eigenvalue weighted by Crippen LogP contribution is -2.02. The van der Waals surface area contributed by atoms with E-state index in [1.165, 1.54) is 7.11 Å². The first kappa shape index (κ1) is 14.0. The van der Waals surface area contributed by atoms with Crippen molar-refractivity contribution in [1.82, 2.24) is 0 Å². The number of rotatable bonds is 5. The molecular weight excluding hydrogens is 291 g/mol. The molecule has 0 unspecified atom stereocenters. The fourth-order valence-corrected chi connectivity index (χ4v) is 2.31. The maximum atomic E-state index is 13.9. The summed E-state index contributed by atoms with van der Waals surface area (Å²) in [6, 6.07) is 1.65. The van der Waals surface area contributed by atoms with Crippen LogP contribution in [0, 0.1) is 12.7 Å². The van der Waals surface area contributed by atoms with Crippen LogP contribution in [0.15, 0.2) is 10.5 Å². The molecule has 0 aromatic heterocycles. The molecule has 0 fully saturated rings. The van der Waals surface area contributed by atoms with Gasteiger partial charge in [0.2, 0.25) is 0 Å². The van der Waals surface area contributed by atoms with Crippen molar-refractivity contribution in [2.45, 2.75) is 26.2 Å². The van der Waals surface area contributed by atoms with Crippen LogP contribution >= 0.6 is 15.9 Å². The van der Waals surface area contributed by atoms with E-state index in [0.29, 0.717) is 28.6 Å². The van der Waals surface area contributed by atoms with Gasteiger partial charge in [0.15, 0.2) is 0 Å². The summed E-state index contributed by atoms with van der Waals surface area (Å²) in [5.74, 6) is -0.759. The van der Waals surface area contributed by atoms with Crippen molar-refractivity contribution in [2.24, 2.45) is 0 Å². The quantitative estimate of drug-likeness (QED) is 0.908. The van der Waals surface area contributed by atoms with E-state index in [1.54, 1.807) is 6.07 Å². The predicted octanol–water partition coefficient (Wildman–Crippen LogP) is 3.31. The number of carboxylic acids is 1. The van der Waals surface area contributed by atoms with Crippen LogP contribution in [0.4, 0.5) is 4.39 Å². The van der Waals surface area contributed by atoms with E-state index in [2.05, 4.69) is 15.9 Å². The Bertz CT molecular complexity index is 432. The van der Waals surface area contributed by atoms with Crippen molar-refractivity contribution in [3.63, 3.8) is 0 Å². The smallest absolute Gasteiger partial charge is 0.303 e. The highest BCUT2D eigenvalue weighted by atomic mass is 79.9. The minimum atomic E-state index is -0.879. The first-order chi connectivity index (χ1) is 7.97. The van der Waals surface area contributed by atoms with Crippen LogP contribution in [-0.4, -0.2) is 18.2 Å². The summed E-state index contributed by atoms with van der Waals surface area (Å²) < 4.78 is 19.4. The number of aryl methyl sites for hydroxylation is 1. The van der Waals surface area contributed by atoms with Gasteiger partial charge in [-0.15, -0.1) is 0 Å². The van der Waals surface area contributed by atoms with E-state index in [4.69, 9.17) is 9.84 Å². The van der Waals surface area contributed by atoms with Crippen LogP contribution in [0.25, 0.3) is 0 Å². The lowest BCUT2D eigenvalue weighted by molar-refractivity contribution is -0.137. The number of aliphatic carboxylic acids is 1. The van der Waals surface area contributed by atoms with E-state index >= 15 is 0 Å². The molecule has 0 aliphatic rings. The summed E-state index contributed by atoms with van der Waals surface area (Å²) >= 11 is 3.13. The molecule has 0 aliphatic carbocycles. The Morgan fingerprint density at radius 2 is 2.24 bits per heavy atom. The highest BCUT2D eigenvalue weighted by Crippen LogP contribution is 2.32. The summed E-state index contributed by atoms with van der Waals surface area (Å²) in [6.07, 6.45) is 0.758. The maximum absolute atomic E-state index is 13.9. The van der Waals surface area contributed by atoms with Crippen LogP contribution in [0.5, 0.6) is 5.75 Å². The SMILES string of the molecule is COc1c(C)cc(Br)c(F)c1CCCC(=O)O. The van der Waals surface area contributed by atoms with E-state index in [-0.39, 0.29) is 12.2 Å². The number of hydrogen-bond acceptors (Lipinski definition) is 2. The highest BCUT2D eigenvalue weighted by Gasteiger charge is 2.16. The minimum absolute atomic E-state index is 0.0220. The van der Waals surface area contributed by atoms with Gasteiger partial charge in [0, 0.05) is 12.0 Å². The molecule has 1 N–H and O–H groups in total. The summed E-state index contributed by atoms with van der Waals surface area (Å²) in [6.45, 7) is 1.82. The summed E-state index contributed by atoms with van der Waals surface area (Å²) in [5.41, 5.74) is 1.26. The molecule has 0 saturated heterocycles. The molecule has 1 rings (SSSR count). The molecule has 0 atom stereocenters. The second-order valence-electron chi connectivity index (χ2n) is 3.75. The number of carboxylic acid groups (broad SMARTS) is 1. The third-order valence-electron chi connectivity index (χ3n) is 2.47. The largest absolute Gasteiger partial charge is 0.496 e. The van der Waals surface area contributed by atoms with Gasteiger partial charge in [-0.1, -0.05) is 0 Å². The minimum Gasteiger partial charge on any atom is -0.496 e.